The van der Waals surface area contributed by atoms with Gasteiger partial charge in [0.1, 0.15) is 6.61 Å². The van der Waals surface area contributed by atoms with Gasteiger partial charge < -0.3 is 9.64 Å². The van der Waals surface area contributed by atoms with Gasteiger partial charge in [-0.05, 0) is 31.8 Å². The lowest BCUT2D eigenvalue weighted by Gasteiger charge is -2.26. The molecule has 1 saturated heterocycles. The molecule has 20 heavy (non-hydrogen) atoms. The third-order valence-electron chi connectivity index (χ3n) is 2.73. The van der Waals surface area contributed by atoms with E-state index in [4.69, 9.17) is 4.74 Å². The minimum Gasteiger partial charge on any atom is -0.370 e. The van der Waals surface area contributed by atoms with E-state index in [1.807, 2.05) is 25.7 Å². The molecule has 0 saturated carbocycles. The molecule has 0 aliphatic carbocycles. The first-order valence-electron chi connectivity index (χ1n) is 7.32. The molecule has 0 bridgehead atoms. The molecule has 0 radical (unpaired) electrons. The number of carbonyl (C=O) groups is 1. The summed E-state index contributed by atoms with van der Waals surface area (Å²) in [5.74, 6) is 0.101. The number of morpholine rings is 1. The van der Waals surface area contributed by atoms with E-state index in [1.54, 1.807) is 6.21 Å². The fourth-order valence-corrected chi connectivity index (χ4v) is 1.71. The van der Waals surface area contributed by atoms with E-state index in [0.29, 0.717) is 6.61 Å². The number of amides is 1. The van der Waals surface area contributed by atoms with Gasteiger partial charge in [0, 0.05) is 25.0 Å². The van der Waals surface area contributed by atoms with Crippen LogP contribution in [0.4, 0.5) is 0 Å². The van der Waals surface area contributed by atoms with Crippen LogP contribution in [0.3, 0.4) is 0 Å². The third-order valence-corrected chi connectivity index (χ3v) is 2.73. The molecular formula is C16H28N2O2. The number of allylic oxidation sites excluding steroid dienone is 2. The van der Waals surface area contributed by atoms with Crippen LogP contribution in [0.5, 0.6) is 0 Å². The van der Waals surface area contributed by atoms with Crippen LogP contribution in [0, 0.1) is 0 Å². The van der Waals surface area contributed by atoms with Crippen LogP contribution in [-0.2, 0) is 9.53 Å². The second-order valence-corrected chi connectivity index (χ2v) is 4.54. The summed E-state index contributed by atoms with van der Waals surface area (Å²) in [7, 11) is 0. The topological polar surface area (TPSA) is 41.9 Å². The zero-order chi connectivity index (χ0) is 15.4. The van der Waals surface area contributed by atoms with Crippen LogP contribution >= 0.6 is 0 Å². The highest BCUT2D eigenvalue weighted by Crippen LogP contribution is 2.07. The molecule has 0 spiro atoms. The Morgan fingerprint density at radius 3 is 2.70 bits per heavy atom. The second kappa shape index (κ2) is 11.4. The Kier molecular flexibility index (Phi) is 10.6. The van der Waals surface area contributed by atoms with Gasteiger partial charge in [0.05, 0.1) is 6.61 Å². The highest BCUT2D eigenvalue weighted by molar-refractivity contribution is 5.78. The normalized spacial score (nSPS) is 14.9. The lowest BCUT2D eigenvalue weighted by Crippen LogP contribution is -2.41. The largest absolute Gasteiger partial charge is 0.370 e. The van der Waals surface area contributed by atoms with Crippen molar-refractivity contribution in [1.29, 1.82) is 0 Å². The summed E-state index contributed by atoms with van der Waals surface area (Å²) in [5.41, 5.74) is 1.79. The van der Waals surface area contributed by atoms with Gasteiger partial charge in [-0.1, -0.05) is 27.0 Å². The van der Waals surface area contributed by atoms with E-state index in [-0.39, 0.29) is 12.5 Å². The first-order chi connectivity index (χ1) is 9.59. The number of aliphatic imine (C=N–C) groups is 1. The number of rotatable bonds is 7. The Morgan fingerprint density at radius 2 is 2.10 bits per heavy atom. The predicted molar refractivity (Wildman–Crippen MR) is 85.0 cm³/mol. The first-order valence-corrected chi connectivity index (χ1v) is 7.32. The lowest BCUT2D eigenvalue weighted by molar-refractivity contribution is -0.142. The van der Waals surface area contributed by atoms with Gasteiger partial charge in [-0.3, -0.25) is 9.79 Å². The van der Waals surface area contributed by atoms with Gasteiger partial charge in [0.2, 0.25) is 5.91 Å². The average Bonchev–Trinajstić information content (AvgIpc) is 2.45. The smallest absolute Gasteiger partial charge is 0.248 e. The molecule has 1 rings (SSSR count). The summed E-state index contributed by atoms with van der Waals surface area (Å²) in [4.78, 5) is 17.4. The zero-order valence-corrected chi connectivity index (χ0v) is 13.2. The highest BCUT2D eigenvalue weighted by Gasteiger charge is 2.17. The summed E-state index contributed by atoms with van der Waals surface area (Å²) < 4.78 is 5.08. The molecule has 4 nitrogen and oxygen atoms in total. The van der Waals surface area contributed by atoms with Crippen LogP contribution in [0.15, 0.2) is 29.4 Å². The molecule has 0 aromatic heterocycles. The first kappa shape index (κ1) is 18.6. The van der Waals surface area contributed by atoms with E-state index in [9.17, 15) is 4.79 Å². The molecule has 0 atom stereocenters. The van der Waals surface area contributed by atoms with Crippen LogP contribution in [0.1, 0.15) is 40.0 Å². The van der Waals surface area contributed by atoms with Crippen LogP contribution < -0.4 is 0 Å². The van der Waals surface area contributed by atoms with Crippen molar-refractivity contribution in [1.82, 2.24) is 4.90 Å². The third kappa shape index (κ3) is 8.64. The van der Waals surface area contributed by atoms with E-state index >= 15 is 0 Å². The quantitative estimate of drug-likeness (QED) is 0.531. The van der Waals surface area contributed by atoms with Crippen LogP contribution in [0.2, 0.25) is 0 Å². The molecular weight excluding hydrogens is 252 g/mol. The summed E-state index contributed by atoms with van der Waals surface area (Å²) in [5, 5.41) is 0. The van der Waals surface area contributed by atoms with Gasteiger partial charge in [0.25, 0.3) is 0 Å². The molecule has 1 fully saturated rings. The van der Waals surface area contributed by atoms with Gasteiger partial charge in [0.15, 0.2) is 0 Å². The predicted octanol–water partition coefficient (Wildman–Crippen LogP) is 3.20. The van der Waals surface area contributed by atoms with Crippen molar-refractivity contribution >= 4 is 12.1 Å². The molecule has 1 aliphatic rings. The minimum absolute atomic E-state index is 0.101. The molecule has 1 aliphatic heterocycles. The zero-order valence-electron chi connectivity index (χ0n) is 13.2. The molecule has 0 aromatic carbocycles. The Labute approximate surface area is 123 Å². The minimum atomic E-state index is 0.101. The number of carbonyl (C=O) groups excluding carboxylic acids is 1. The fraction of sp³-hybridized carbons (Fsp3) is 0.625. The second-order valence-electron chi connectivity index (χ2n) is 4.54. The van der Waals surface area contributed by atoms with Crippen molar-refractivity contribution in [3.8, 4) is 0 Å². The maximum absolute atomic E-state index is 11.5. The monoisotopic (exact) mass is 280 g/mol. The Balaban J connectivity index is 0.00000172. The van der Waals surface area contributed by atoms with Gasteiger partial charge in [-0.25, -0.2) is 0 Å². The van der Waals surface area contributed by atoms with E-state index < -0.39 is 0 Å². The molecule has 1 amide bonds. The van der Waals surface area contributed by atoms with Crippen molar-refractivity contribution in [3.05, 3.63) is 24.4 Å². The fourth-order valence-electron chi connectivity index (χ4n) is 1.71. The standard InChI is InChI=1S/C14H22N2O2.C2H6/c1-12(2)15-10-13(3)6-4-5-7-16-8-9-18-11-14(16)17;1-2/h10H,1,3-9,11H2,2H3;1-2H3. The molecule has 1 heterocycles. The summed E-state index contributed by atoms with van der Waals surface area (Å²) in [6, 6.07) is 0. The SMILES string of the molecule is C=C(C=NC(=C)C)CCCCN1CCOCC1=O.CC. The van der Waals surface area contributed by atoms with Crippen molar-refractivity contribution in [3.63, 3.8) is 0 Å². The van der Waals surface area contributed by atoms with Gasteiger partial charge in [-0.15, -0.1) is 0 Å². The Morgan fingerprint density at radius 1 is 1.40 bits per heavy atom. The Bertz CT molecular complexity index is 348. The average molecular weight is 280 g/mol. The lowest BCUT2D eigenvalue weighted by atomic mass is 10.1. The molecule has 0 aromatic rings. The Hall–Kier alpha value is -1.42. The number of unbranched alkanes of at least 4 members (excludes halogenated alkanes) is 1. The summed E-state index contributed by atoms with van der Waals surface area (Å²) >= 11 is 0. The molecule has 114 valence electrons. The van der Waals surface area contributed by atoms with Gasteiger partial charge >= 0.3 is 0 Å². The van der Waals surface area contributed by atoms with E-state index in [2.05, 4.69) is 18.2 Å². The van der Waals surface area contributed by atoms with Crippen molar-refractivity contribution < 1.29 is 9.53 Å². The van der Waals surface area contributed by atoms with Crippen molar-refractivity contribution in [2.24, 2.45) is 4.99 Å². The number of ether oxygens (including phenoxy) is 1. The summed E-state index contributed by atoms with van der Waals surface area (Å²) in [6.07, 6.45) is 4.69. The molecule has 0 N–H and O–H groups in total. The number of nitrogens with zero attached hydrogens (tertiary/aromatic N) is 2. The highest BCUT2D eigenvalue weighted by atomic mass is 16.5. The van der Waals surface area contributed by atoms with Gasteiger partial charge in [-0.2, -0.15) is 0 Å². The maximum Gasteiger partial charge on any atom is 0.248 e. The molecule has 0 unspecified atom stereocenters. The van der Waals surface area contributed by atoms with Crippen molar-refractivity contribution in [2.75, 3.05) is 26.3 Å². The van der Waals surface area contributed by atoms with E-state index in [0.717, 1.165) is 43.6 Å². The van der Waals surface area contributed by atoms with Crippen LogP contribution in [-0.4, -0.2) is 43.3 Å². The van der Waals surface area contributed by atoms with Crippen LogP contribution in [0.25, 0.3) is 0 Å². The number of hydrogen-bond acceptors (Lipinski definition) is 3. The number of hydrogen-bond donors (Lipinski definition) is 0. The maximum atomic E-state index is 11.5. The van der Waals surface area contributed by atoms with E-state index in [1.165, 1.54) is 0 Å². The van der Waals surface area contributed by atoms with Crippen molar-refractivity contribution in [2.45, 2.75) is 40.0 Å². The summed E-state index contributed by atoms with van der Waals surface area (Å²) in [6.45, 7) is 15.9. The molecule has 4 heteroatoms.